The van der Waals surface area contributed by atoms with E-state index in [0.717, 1.165) is 18.0 Å². The first-order valence-corrected chi connectivity index (χ1v) is 6.21. The van der Waals surface area contributed by atoms with Crippen LogP contribution in [-0.4, -0.2) is 27.1 Å². The van der Waals surface area contributed by atoms with Crippen LogP contribution in [-0.2, 0) is 0 Å². The second kappa shape index (κ2) is 6.44. The molecule has 0 atom stereocenters. The number of aromatic hydroxyl groups is 1. The topological polar surface area (TPSA) is 118 Å². The van der Waals surface area contributed by atoms with E-state index in [-0.39, 0.29) is 17.0 Å². The van der Waals surface area contributed by atoms with Crippen LogP contribution in [0.5, 0.6) is 5.75 Å². The van der Waals surface area contributed by atoms with Crippen molar-refractivity contribution in [1.29, 1.82) is 0 Å². The number of phenols is 1. The van der Waals surface area contributed by atoms with Gasteiger partial charge in [-0.3, -0.25) is 19.9 Å². The normalized spacial score (nSPS) is 10.6. The van der Waals surface area contributed by atoms with Gasteiger partial charge in [0, 0.05) is 29.6 Å². The molecule has 0 aliphatic carbocycles. The van der Waals surface area contributed by atoms with Gasteiger partial charge in [-0.15, -0.1) is 0 Å². The minimum absolute atomic E-state index is 0.122. The first-order valence-electron chi connectivity index (χ1n) is 6.21. The van der Waals surface area contributed by atoms with Crippen LogP contribution in [0.3, 0.4) is 0 Å². The van der Waals surface area contributed by atoms with Crippen molar-refractivity contribution in [2.24, 2.45) is 5.10 Å². The molecule has 1 aromatic heterocycles. The van der Waals surface area contributed by atoms with Crippen LogP contribution >= 0.6 is 0 Å². The Labute approximate surface area is 125 Å². The summed E-state index contributed by atoms with van der Waals surface area (Å²) in [5, 5.41) is 23.9. The highest BCUT2D eigenvalue weighted by molar-refractivity contribution is 5.94. The summed E-state index contributed by atoms with van der Waals surface area (Å²) in [5.74, 6) is -0.658. The minimum Gasteiger partial charge on any atom is -0.507 e. The van der Waals surface area contributed by atoms with Crippen LogP contribution in [0, 0.1) is 17.0 Å². The summed E-state index contributed by atoms with van der Waals surface area (Å²) in [5.41, 5.74) is 3.29. The number of pyridine rings is 1. The molecule has 0 bridgehead atoms. The zero-order valence-electron chi connectivity index (χ0n) is 11.6. The molecular weight excluding hydrogens is 288 g/mol. The van der Waals surface area contributed by atoms with Crippen molar-refractivity contribution in [3.05, 3.63) is 63.5 Å². The maximum atomic E-state index is 11.8. The number of hydrazone groups is 1. The fourth-order valence-corrected chi connectivity index (χ4v) is 1.59. The highest BCUT2D eigenvalue weighted by atomic mass is 16.6. The monoisotopic (exact) mass is 300 g/mol. The van der Waals surface area contributed by atoms with E-state index < -0.39 is 10.8 Å². The molecule has 8 nitrogen and oxygen atoms in total. The molecule has 0 unspecified atom stereocenters. The molecule has 0 radical (unpaired) electrons. The molecule has 112 valence electrons. The number of nitro groups is 1. The number of hydrogen-bond donors (Lipinski definition) is 2. The Morgan fingerprint density at radius 1 is 1.41 bits per heavy atom. The molecule has 0 fully saturated rings. The van der Waals surface area contributed by atoms with E-state index in [4.69, 9.17) is 0 Å². The van der Waals surface area contributed by atoms with Gasteiger partial charge in [-0.1, -0.05) is 0 Å². The maximum Gasteiger partial charge on any atom is 0.272 e. The standard InChI is InChI=1S/C14H12N4O4/c1-9-2-3-10(7-15-9)14(20)17-16-8-11-6-12(18(21)22)4-5-13(11)19/h2-8,19H,1H3,(H,17,20)/b16-8-. The van der Waals surface area contributed by atoms with Gasteiger partial charge in [0.05, 0.1) is 16.7 Å². The van der Waals surface area contributed by atoms with Gasteiger partial charge in [0.1, 0.15) is 5.75 Å². The number of benzene rings is 1. The van der Waals surface area contributed by atoms with E-state index in [0.29, 0.717) is 5.56 Å². The van der Waals surface area contributed by atoms with Gasteiger partial charge in [0.15, 0.2) is 0 Å². The molecule has 1 amide bonds. The summed E-state index contributed by atoms with van der Waals surface area (Å²) in [6, 6.07) is 6.79. The van der Waals surface area contributed by atoms with Crippen LogP contribution in [0.15, 0.2) is 41.6 Å². The molecule has 1 heterocycles. The number of rotatable bonds is 4. The van der Waals surface area contributed by atoms with Crippen molar-refractivity contribution in [3.8, 4) is 5.75 Å². The van der Waals surface area contributed by atoms with Gasteiger partial charge in [-0.05, 0) is 25.1 Å². The highest BCUT2D eigenvalue weighted by Gasteiger charge is 2.09. The number of nitrogens with zero attached hydrogens (tertiary/aromatic N) is 3. The lowest BCUT2D eigenvalue weighted by Crippen LogP contribution is -2.17. The highest BCUT2D eigenvalue weighted by Crippen LogP contribution is 2.21. The predicted octanol–water partition coefficient (Wildman–Crippen LogP) is 1.77. The van der Waals surface area contributed by atoms with Crippen molar-refractivity contribution in [1.82, 2.24) is 10.4 Å². The van der Waals surface area contributed by atoms with Gasteiger partial charge in [0.2, 0.25) is 0 Å². The summed E-state index contributed by atoms with van der Waals surface area (Å²) in [7, 11) is 0. The number of aromatic nitrogens is 1. The molecule has 0 saturated carbocycles. The fourth-order valence-electron chi connectivity index (χ4n) is 1.59. The number of phenolic OH excluding ortho intramolecular Hbond substituents is 1. The predicted molar refractivity (Wildman–Crippen MR) is 78.8 cm³/mol. The van der Waals surface area contributed by atoms with Crippen molar-refractivity contribution >= 4 is 17.8 Å². The van der Waals surface area contributed by atoms with Gasteiger partial charge >= 0.3 is 0 Å². The fraction of sp³-hybridized carbons (Fsp3) is 0.0714. The molecule has 22 heavy (non-hydrogen) atoms. The average Bonchev–Trinajstić information content (AvgIpc) is 2.49. The van der Waals surface area contributed by atoms with Crippen LogP contribution in [0.4, 0.5) is 5.69 Å². The zero-order valence-corrected chi connectivity index (χ0v) is 11.6. The number of nitro benzene ring substituents is 1. The van der Waals surface area contributed by atoms with Gasteiger partial charge in [-0.25, -0.2) is 5.43 Å². The molecule has 0 aliphatic rings. The summed E-state index contributed by atoms with van der Waals surface area (Å²) >= 11 is 0. The third-order valence-electron chi connectivity index (χ3n) is 2.77. The van der Waals surface area contributed by atoms with E-state index in [1.165, 1.54) is 18.3 Å². The molecule has 2 rings (SSSR count). The molecule has 2 N–H and O–H groups in total. The van der Waals surface area contributed by atoms with E-state index in [9.17, 15) is 20.0 Å². The molecule has 2 aromatic rings. The molecular formula is C14H12N4O4. The first kappa shape index (κ1) is 15.1. The molecule has 0 saturated heterocycles. The minimum atomic E-state index is -0.590. The molecule has 1 aromatic carbocycles. The smallest absolute Gasteiger partial charge is 0.272 e. The Hall–Kier alpha value is -3.29. The first-order chi connectivity index (χ1) is 10.5. The third kappa shape index (κ3) is 3.63. The SMILES string of the molecule is Cc1ccc(C(=O)N/N=C\c2cc([N+](=O)[O-])ccc2O)cn1. The van der Waals surface area contributed by atoms with Crippen molar-refractivity contribution in [3.63, 3.8) is 0 Å². The van der Waals surface area contributed by atoms with Crippen molar-refractivity contribution in [2.45, 2.75) is 6.92 Å². The van der Waals surface area contributed by atoms with Crippen LogP contribution < -0.4 is 5.43 Å². The maximum absolute atomic E-state index is 11.8. The summed E-state index contributed by atoms with van der Waals surface area (Å²) in [4.78, 5) is 25.8. The number of amides is 1. The molecule has 0 aliphatic heterocycles. The summed E-state index contributed by atoms with van der Waals surface area (Å²) in [6.45, 7) is 1.80. The van der Waals surface area contributed by atoms with Crippen molar-refractivity contribution < 1.29 is 14.8 Å². The average molecular weight is 300 g/mol. The van der Waals surface area contributed by atoms with Crippen LogP contribution in [0.1, 0.15) is 21.6 Å². The van der Waals surface area contributed by atoms with Gasteiger partial charge in [0.25, 0.3) is 11.6 Å². The van der Waals surface area contributed by atoms with E-state index in [1.807, 2.05) is 0 Å². The lowest BCUT2D eigenvalue weighted by Gasteiger charge is -2.01. The Bertz CT molecular complexity index is 741. The Kier molecular flexibility index (Phi) is 4.42. The second-order valence-corrected chi connectivity index (χ2v) is 4.39. The van der Waals surface area contributed by atoms with Crippen LogP contribution in [0.2, 0.25) is 0 Å². The van der Waals surface area contributed by atoms with E-state index in [1.54, 1.807) is 19.1 Å². The lowest BCUT2D eigenvalue weighted by atomic mass is 10.2. The molecule has 0 spiro atoms. The lowest BCUT2D eigenvalue weighted by molar-refractivity contribution is -0.384. The number of carbonyl (C=O) groups is 1. The van der Waals surface area contributed by atoms with Gasteiger partial charge < -0.3 is 5.11 Å². The zero-order chi connectivity index (χ0) is 16.1. The number of non-ortho nitro benzene ring substituents is 1. The summed E-state index contributed by atoms with van der Waals surface area (Å²) < 4.78 is 0. The summed E-state index contributed by atoms with van der Waals surface area (Å²) in [6.07, 6.45) is 2.53. The largest absolute Gasteiger partial charge is 0.507 e. The van der Waals surface area contributed by atoms with E-state index >= 15 is 0 Å². The number of aryl methyl sites for hydroxylation is 1. The third-order valence-corrected chi connectivity index (χ3v) is 2.77. The molecule has 8 heteroatoms. The van der Waals surface area contributed by atoms with Crippen LogP contribution in [0.25, 0.3) is 0 Å². The Morgan fingerprint density at radius 3 is 2.82 bits per heavy atom. The van der Waals surface area contributed by atoms with Crippen molar-refractivity contribution in [2.75, 3.05) is 0 Å². The second-order valence-electron chi connectivity index (χ2n) is 4.39. The van der Waals surface area contributed by atoms with E-state index in [2.05, 4.69) is 15.5 Å². The quantitative estimate of drug-likeness (QED) is 0.507. The van der Waals surface area contributed by atoms with Gasteiger partial charge in [-0.2, -0.15) is 5.10 Å². The number of hydrogen-bond acceptors (Lipinski definition) is 6. The Balaban J connectivity index is 2.09. The Morgan fingerprint density at radius 2 is 2.18 bits per heavy atom. The number of carbonyl (C=O) groups excluding carboxylic acids is 1. The number of nitrogens with one attached hydrogen (secondary N) is 1.